The summed E-state index contributed by atoms with van der Waals surface area (Å²) in [7, 11) is -3.42. The van der Waals surface area contributed by atoms with Crippen LogP contribution in [0.4, 0.5) is 11.4 Å². The van der Waals surface area contributed by atoms with Gasteiger partial charge in [-0.3, -0.25) is 4.72 Å². The van der Waals surface area contributed by atoms with Gasteiger partial charge in [0.1, 0.15) is 0 Å². The van der Waals surface area contributed by atoms with Crippen molar-refractivity contribution >= 4 is 37.3 Å². The number of halogens is 1. The lowest BCUT2D eigenvalue weighted by Crippen LogP contribution is -2.20. The highest BCUT2D eigenvalue weighted by Crippen LogP contribution is 2.25. The molecule has 0 aliphatic rings. The first-order valence-corrected chi connectivity index (χ1v) is 8.92. The van der Waals surface area contributed by atoms with Gasteiger partial charge in [0.15, 0.2) is 0 Å². The van der Waals surface area contributed by atoms with Crippen molar-refractivity contribution in [1.29, 1.82) is 0 Å². The molecule has 0 saturated carbocycles. The van der Waals surface area contributed by atoms with Crippen molar-refractivity contribution < 1.29 is 8.42 Å². The summed E-state index contributed by atoms with van der Waals surface area (Å²) in [5.41, 5.74) is 7.75. The second-order valence-electron chi connectivity index (χ2n) is 4.93. The summed E-state index contributed by atoms with van der Waals surface area (Å²) >= 11 is 3.28. The first-order chi connectivity index (χ1) is 9.87. The topological polar surface area (TPSA) is 72.2 Å². The van der Waals surface area contributed by atoms with Crippen molar-refractivity contribution in [3.8, 4) is 0 Å². The molecule has 2 rings (SSSR count). The van der Waals surface area contributed by atoms with Crippen LogP contribution in [0, 0.1) is 0 Å². The van der Waals surface area contributed by atoms with Crippen molar-refractivity contribution in [2.24, 2.45) is 0 Å². The fourth-order valence-corrected chi connectivity index (χ4v) is 3.82. The first-order valence-electron chi connectivity index (χ1n) is 6.48. The Balaban J connectivity index is 2.10. The van der Waals surface area contributed by atoms with E-state index in [-0.39, 0.29) is 11.7 Å². The molecule has 3 N–H and O–H groups in total. The molecule has 4 nitrogen and oxygen atoms in total. The van der Waals surface area contributed by atoms with Gasteiger partial charge in [0, 0.05) is 15.8 Å². The summed E-state index contributed by atoms with van der Waals surface area (Å²) in [4.78, 5) is 0. The standard InChI is InChI=1S/C15H17BrN2O2S/c1-11(12-5-3-2-4-6-12)10-21(19,20)18-13-7-8-15(17)14(16)9-13/h2-9,11,18H,10,17H2,1H3. The number of hydrogen-bond donors (Lipinski definition) is 2. The Kier molecular flexibility index (Phi) is 4.90. The molecule has 0 radical (unpaired) electrons. The molecule has 21 heavy (non-hydrogen) atoms. The maximum Gasteiger partial charge on any atom is 0.233 e. The van der Waals surface area contributed by atoms with Crippen molar-refractivity contribution in [3.05, 3.63) is 58.6 Å². The van der Waals surface area contributed by atoms with Crippen LogP contribution in [0.1, 0.15) is 18.4 Å². The molecule has 112 valence electrons. The number of nitrogen functional groups attached to an aromatic ring is 1. The molecule has 0 heterocycles. The minimum atomic E-state index is -3.42. The number of anilines is 2. The van der Waals surface area contributed by atoms with Crippen LogP contribution in [-0.2, 0) is 10.0 Å². The van der Waals surface area contributed by atoms with Gasteiger partial charge in [-0.2, -0.15) is 0 Å². The SMILES string of the molecule is CC(CS(=O)(=O)Nc1ccc(N)c(Br)c1)c1ccccc1. The Bertz CT molecular complexity index is 718. The summed E-state index contributed by atoms with van der Waals surface area (Å²) in [5.74, 6) is -0.0557. The quantitative estimate of drug-likeness (QED) is 0.792. The van der Waals surface area contributed by atoms with Gasteiger partial charge in [-0.15, -0.1) is 0 Å². The second kappa shape index (κ2) is 6.49. The number of benzene rings is 2. The molecule has 0 aromatic heterocycles. The lowest BCUT2D eigenvalue weighted by atomic mass is 10.0. The van der Waals surface area contributed by atoms with E-state index in [0.29, 0.717) is 15.8 Å². The molecule has 0 fully saturated rings. The van der Waals surface area contributed by atoms with E-state index in [0.717, 1.165) is 5.56 Å². The normalized spacial score (nSPS) is 12.9. The van der Waals surface area contributed by atoms with Gasteiger partial charge in [-0.25, -0.2) is 8.42 Å². The van der Waals surface area contributed by atoms with Crippen LogP contribution in [0.3, 0.4) is 0 Å². The van der Waals surface area contributed by atoms with Gasteiger partial charge in [-0.1, -0.05) is 37.3 Å². The van der Waals surface area contributed by atoms with E-state index in [9.17, 15) is 8.42 Å². The molecule has 0 saturated heterocycles. The number of rotatable bonds is 5. The molecular weight excluding hydrogens is 352 g/mol. The summed E-state index contributed by atoms with van der Waals surface area (Å²) in [5, 5.41) is 0. The lowest BCUT2D eigenvalue weighted by molar-refractivity contribution is 0.595. The van der Waals surface area contributed by atoms with Crippen molar-refractivity contribution in [2.75, 3.05) is 16.2 Å². The molecule has 0 bridgehead atoms. The molecule has 0 spiro atoms. The van der Waals surface area contributed by atoms with Crippen LogP contribution in [0.15, 0.2) is 53.0 Å². The fraction of sp³-hybridized carbons (Fsp3) is 0.200. The zero-order valence-corrected chi connectivity index (χ0v) is 14.0. The molecular formula is C15H17BrN2O2S. The molecule has 0 aliphatic carbocycles. The highest BCUT2D eigenvalue weighted by Gasteiger charge is 2.17. The Morgan fingerprint density at radius 3 is 2.48 bits per heavy atom. The Hall–Kier alpha value is -1.53. The van der Waals surface area contributed by atoms with Crippen molar-refractivity contribution in [1.82, 2.24) is 0 Å². The predicted molar refractivity (Wildman–Crippen MR) is 90.8 cm³/mol. The third-order valence-corrected chi connectivity index (χ3v) is 5.28. The summed E-state index contributed by atoms with van der Waals surface area (Å²) in [6.45, 7) is 1.90. The van der Waals surface area contributed by atoms with Gasteiger partial charge in [0.25, 0.3) is 0 Å². The zero-order valence-electron chi connectivity index (χ0n) is 11.6. The van der Waals surface area contributed by atoms with Crippen LogP contribution in [-0.4, -0.2) is 14.2 Å². The number of nitrogens with one attached hydrogen (secondary N) is 1. The van der Waals surface area contributed by atoms with E-state index in [1.165, 1.54) is 0 Å². The Labute approximate surface area is 133 Å². The number of nitrogens with two attached hydrogens (primary N) is 1. The first kappa shape index (κ1) is 15.9. The van der Waals surface area contributed by atoms with Crippen LogP contribution in [0.2, 0.25) is 0 Å². The molecule has 1 atom stereocenters. The van der Waals surface area contributed by atoms with Gasteiger partial charge < -0.3 is 5.73 Å². The van der Waals surface area contributed by atoms with Gasteiger partial charge in [-0.05, 0) is 45.6 Å². The third kappa shape index (κ3) is 4.47. The minimum Gasteiger partial charge on any atom is -0.398 e. The van der Waals surface area contributed by atoms with Crippen LogP contribution < -0.4 is 10.5 Å². The van der Waals surface area contributed by atoms with Gasteiger partial charge in [0.2, 0.25) is 10.0 Å². The van der Waals surface area contributed by atoms with E-state index >= 15 is 0 Å². The highest BCUT2D eigenvalue weighted by atomic mass is 79.9. The Morgan fingerprint density at radius 1 is 1.19 bits per heavy atom. The van der Waals surface area contributed by atoms with E-state index in [1.807, 2.05) is 37.3 Å². The average molecular weight is 369 g/mol. The van der Waals surface area contributed by atoms with Gasteiger partial charge in [0.05, 0.1) is 5.75 Å². The predicted octanol–water partition coefficient (Wildman–Crippen LogP) is 3.58. The van der Waals surface area contributed by atoms with Gasteiger partial charge >= 0.3 is 0 Å². The number of sulfonamides is 1. The summed E-state index contributed by atoms with van der Waals surface area (Å²) in [6.07, 6.45) is 0. The second-order valence-corrected chi connectivity index (χ2v) is 7.55. The molecule has 2 aromatic rings. The maximum absolute atomic E-state index is 12.2. The van der Waals surface area contributed by atoms with E-state index in [4.69, 9.17) is 5.73 Å². The lowest BCUT2D eigenvalue weighted by Gasteiger charge is -2.14. The van der Waals surface area contributed by atoms with Crippen LogP contribution >= 0.6 is 15.9 Å². The molecule has 1 unspecified atom stereocenters. The molecule has 6 heteroatoms. The summed E-state index contributed by atoms with van der Waals surface area (Å²) in [6, 6.07) is 14.5. The number of hydrogen-bond acceptors (Lipinski definition) is 3. The van der Waals surface area contributed by atoms with Crippen molar-refractivity contribution in [3.63, 3.8) is 0 Å². The molecule has 2 aromatic carbocycles. The maximum atomic E-state index is 12.2. The van der Waals surface area contributed by atoms with Crippen LogP contribution in [0.5, 0.6) is 0 Å². The van der Waals surface area contributed by atoms with Crippen molar-refractivity contribution in [2.45, 2.75) is 12.8 Å². The van der Waals surface area contributed by atoms with E-state index in [1.54, 1.807) is 18.2 Å². The monoisotopic (exact) mass is 368 g/mol. The smallest absolute Gasteiger partial charge is 0.233 e. The molecule has 0 aliphatic heterocycles. The third-order valence-electron chi connectivity index (χ3n) is 3.11. The van der Waals surface area contributed by atoms with Crippen LogP contribution in [0.25, 0.3) is 0 Å². The highest BCUT2D eigenvalue weighted by molar-refractivity contribution is 9.10. The summed E-state index contributed by atoms with van der Waals surface area (Å²) < 4.78 is 27.7. The van der Waals surface area contributed by atoms with E-state index in [2.05, 4.69) is 20.7 Å². The zero-order chi connectivity index (χ0) is 15.5. The molecule has 0 amide bonds. The largest absolute Gasteiger partial charge is 0.398 e. The minimum absolute atomic E-state index is 0.0268. The Morgan fingerprint density at radius 2 is 1.86 bits per heavy atom. The van der Waals surface area contributed by atoms with E-state index < -0.39 is 10.0 Å². The fourth-order valence-electron chi connectivity index (χ4n) is 2.02. The average Bonchev–Trinajstić information content (AvgIpc) is 2.43.